The van der Waals surface area contributed by atoms with Crippen LogP contribution in [0.25, 0.3) is 122 Å². The Bertz CT molecular complexity index is 4070. The SMILES string of the molecule is N#Cc1cc(-c2nc(-c3ccccc3)nc(-c3cccc(-c4ccccc4)c3)n2)ccc1-n1c2ccccc2c2cc3oc4cc5c(cc4c3cc21)c1ccccc1n5-c1ccccc1. The zero-order chi connectivity index (χ0) is 43.0. The molecule has 0 bridgehead atoms. The van der Waals surface area contributed by atoms with E-state index in [0.29, 0.717) is 28.6 Å². The molecule has 7 heteroatoms. The molecule has 4 heterocycles. The van der Waals surface area contributed by atoms with Gasteiger partial charge in [-0.3, -0.25) is 0 Å². The van der Waals surface area contributed by atoms with Crippen molar-refractivity contribution in [3.05, 3.63) is 212 Å². The van der Waals surface area contributed by atoms with Crippen molar-refractivity contribution < 1.29 is 4.42 Å². The molecule has 0 radical (unpaired) electrons. The number of furan rings is 1. The Morgan fingerprint density at radius 3 is 1.58 bits per heavy atom. The van der Waals surface area contributed by atoms with Gasteiger partial charge in [0.05, 0.1) is 33.3 Å². The Morgan fingerprint density at radius 1 is 0.354 bits per heavy atom. The van der Waals surface area contributed by atoms with E-state index in [4.69, 9.17) is 19.4 Å². The zero-order valence-electron chi connectivity index (χ0n) is 34.7. The molecular formula is C58H34N6O. The third kappa shape index (κ3) is 5.86. The van der Waals surface area contributed by atoms with Crippen LogP contribution in [0.1, 0.15) is 5.56 Å². The maximum absolute atomic E-state index is 11.0. The lowest BCUT2D eigenvalue weighted by atomic mass is 10.0. The number of hydrogen-bond donors (Lipinski definition) is 0. The van der Waals surface area contributed by atoms with Gasteiger partial charge in [0.25, 0.3) is 0 Å². The van der Waals surface area contributed by atoms with E-state index in [1.807, 2.05) is 91.0 Å². The molecule has 9 aromatic carbocycles. The van der Waals surface area contributed by atoms with Crippen LogP contribution in [0.5, 0.6) is 0 Å². The largest absolute Gasteiger partial charge is 0.456 e. The first-order valence-electron chi connectivity index (χ1n) is 21.6. The van der Waals surface area contributed by atoms with Crippen molar-refractivity contribution in [1.29, 1.82) is 5.26 Å². The molecule has 0 unspecified atom stereocenters. The average Bonchev–Trinajstić information content (AvgIpc) is 4.01. The van der Waals surface area contributed by atoms with E-state index in [1.165, 1.54) is 5.39 Å². The van der Waals surface area contributed by atoms with Crippen LogP contribution >= 0.6 is 0 Å². The molecule has 0 aliphatic rings. The average molecular weight is 831 g/mol. The van der Waals surface area contributed by atoms with Gasteiger partial charge in [0.2, 0.25) is 0 Å². The fraction of sp³-hybridized carbons (Fsp3) is 0. The van der Waals surface area contributed by atoms with Crippen molar-refractivity contribution in [3.8, 4) is 62.7 Å². The van der Waals surface area contributed by atoms with Gasteiger partial charge in [0, 0.05) is 60.8 Å². The van der Waals surface area contributed by atoms with Gasteiger partial charge in [0.1, 0.15) is 17.2 Å². The standard InChI is InChI=1S/C58H34N6O/c59-35-41-30-40(58-61-56(37-17-6-2-7-18-37)60-57(62-58)39-20-14-19-38(29-39)36-15-4-1-5-16-36)27-28-49(41)64-51-26-13-11-24-44(51)46-33-54-48(32-52(46)64)47-31-45-43-23-10-12-25-50(43)63(42-21-8-3-9-22-42)53(45)34-55(47)65-54/h1-34H. The highest BCUT2D eigenvalue weighted by Gasteiger charge is 2.22. The Morgan fingerprint density at radius 2 is 0.877 bits per heavy atom. The maximum Gasteiger partial charge on any atom is 0.164 e. The highest BCUT2D eigenvalue weighted by molar-refractivity contribution is 6.21. The Balaban J connectivity index is 0.987. The summed E-state index contributed by atoms with van der Waals surface area (Å²) in [5, 5.41) is 17.4. The van der Waals surface area contributed by atoms with Gasteiger partial charge < -0.3 is 13.6 Å². The molecule has 0 saturated heterocycles. The monoisotopic (exact) mass is 830 g/mol. The first kappa shape index (κ1) is 36.5. The number of aromatic nitrogens is 5. The van der Waals surface area contributed by atoms with Crippen molar-refractivity contribution in [2.24, 2.45) is 0 Å². The van der Waals surface area contributed by atoms with Gasteiger partial charge >= 0.3 is 0 Å². The molecule has 13 aromatic rings. The lowest BCUT2D eigenvalue weighted by molar-refractivity contribution is 0.670. The van der Waals surface area contributed by atoms with Crippen LogP contribution < -0.4 is 0 Å². The molecule has 0 atom stereocenters. The minimum Gasteiger partial charge on any atom is -0.456 e. The van der Waals surface area contributed by atoms with Gasteiger partial charge in [-0.2, -0.15) is 5.26 Å². The van der Waals surface area contributed by atoms with Crippen LogP contribution in [0.15, 0.2) is 211 Å². The van der Waals surface area contributed by atoms with Crippen molar-refractivity contribution in [1.82, 2.24) is 24.1 Å². The minimum absolute atomic E-state index is 0.482. The predicted molar refractivity (Wildman–Crippen MR) is 262 cm³/mol. The molecule has 13 rings (SSSR count). The number of hydrogen-bond acceptors (Lipinski definition) is 5. The normalized spacial score (nSPS) is 11.7. The lowest BCUT2D eigenvalue weighted by Gasteiger charge is -2.13. The van der Waals surface area contributed by atoms with E-state index in [2.05, 4.69) is 130 Å². The van der Waals surface area contributed by atoms with Crippen LogP contribution in [-0.2, 0) is 0 Å². The predicted octanol–water partition coefficient (Wildman–Crippen LogP) is 14.5. The third-order valence-corrected chi connectivity index (χ3v) is 12.6. The van der Waals surface area contributed by atoms with Crippen LogP contribution in [0, 0.1) is 11.3 Å². The molecule has 0 amide bonds. The Hall–Kier alpha value is -9.12. The second-order valence-electron chi connectivity index (χ2n) is 16.3. The highest BCUT2D eigenvalue weighted by atomic mass is 16.3. The maximum atomic E-state index is 11.0. The summed E-state index contributed by atoms with van der Waals surface area (Å²) < 4.78 is 11.3. The molecule has 0 spiro atoms. The van der Waals surface area contributed by atoms with Gasteiger partial charge in [-0.15, -0.1) is 0 Å². The number of rotatable bonds is 6. The Labute approximate surface area is 372 Å². The smallest absolute Gasteiger partial charge is 0.164 e. The molecule has 0 saturated carbocycles. The third-order valence-electron chi connectivity index (χ3n) is 12.6. The number of fused-ring (bicyclic) bond motifs is 9. The summed E-state index contributed by atoms with van der Waals surface area (Å²) in [4.78, 5) is 15.1. The lowest BCUT2D eigenvalue weighted by Crippen LogP contribution is -2.02. The number of nitrogens with zero attached hydrogens (tertiary/aromatic N) is 6. The number of para-hydroxylation sites is 3. The second-order valence-corrected chi connectivity index (χ2v) is 16.3. The van der Waals surface area contributed by atoms with Crippen LogP contribution in [0.3, 0.4) is 0 Å². The van der Waals surface area contributed by atoms with Gasteiger partial charge in [-0.25, -0.2) is 15.0 Å². The van der Waals surface area contributed by atoms with Crippen molar-refractivity contribution in [2.45, 2.75) is 0 Å². The molecule has 302 valence electrons. The van der Waals surface area contributed by atoms with Crippen LogP contribution in [-0.4, -0.2) is 24.1 Å². The first-order chi connectivity index (χ1) is 32.2. The fourth-order valence-electron chi connectivity index (χ4n) is 9.59. The summed E-state index contributed by atoms with van der Waals surface area (Å²) in [6.07, 6.45) is 0. The molecule has 0 aliphatic heterocycles. The number of nitriles is 1. The highest BCUT2D eigenvalue weighted by Crippen LogP contribution is 2.42. The second kappa shape index (κ2) is 14.5. The number of benzene rings is 9. The zero-order valence-corrected chi connectivity index (χ0v) is 34.7. The summed E-state index contributed by atoms with van der Waals surface area (Å²) in [6, 6.07) is 73.2. The van der Waals surface area contributed by atoms with Gasteiger partial charge in [-0.1, -0.05) is 133 Å². The molecule has 0 fully saturated rings. The van der Waals surface area contributed by atoms with Crippen molar-refractivity contribution in [3.63, 3.8) is 0 Å². The first-order valence-corrected chi connectivity index (χ1v) is 21.6. The van der Waals surface area contributed by atoms with E-state index in [0.717, 1.165) is 93.8 Å². The van der Waals surface area contributed by atoms with E-state index in [1.54, 1.807) is 0 Å². The fourth-order valence-corrected chi connectivity index (χ4v) is 9.59. The molecule has 0 N–H and O–H groups in total. The minimum atomic E-state index is 0.482. The summed E-state index contributed by atoms with van der Waals surface area (Å²) in [5.74, 6) is 1.59. The van der Waals surface area contributed by atoms with Gasteiger partial charge in [-0.05, 0) is 77.9 Å². The molecule has 7 nitrogen and oxygen atoms in total. The summed E-state index contributed by atoms with van der Waals surface area (Å²) in [5.41, 5.74) is 12.8. The summed E-state index contributed by atoms with van der Waals surface area (Å²) in [7, 11) is 0. The molecular weight excluding hydrogens is 797 g/mol. The van der Waals surface area contributed by atoms with Crippen molar-refractivity contribution >= 4 is 65.6 Å². The summed E-state index contributed by atoms with van der Waals surface area (Å²) in [6.45, 7) is 0. The van der Waals surface area contributed by atoms with Crippen LogP contribution in [0.4, 0.5) is 0 Å². The summed E-state index contributed by atoms with van der Waals surface area (Å²) >= 11 is 0. The van der Waals surface area contributed by atoms with E-state index >= 15 is 0 Å². The van der Waals surface area contributed by atoms with E-state index in [-0.39, 0.29) is 0 Å². The topological polar surface area (TPSA) is 85.5 Å². The Kier molecular flexibility index (Phi) is 8.14. The quantitative estimate of drug-likeness (QED) is 0.167. The van der Waals surface area contributed by atoms with E-state index < -0.39 is 0 Å². The van der Waals surface area contributed by atoms with Gasteiger partial charge in [0.15, 0.2) is 17.5 Å². The van der Waals surface area contributed by atoms with Crippen LogP contribution in [0.2, 0.25) is 0 Å². The van der Waals surface area contributed by atoms with Crippen molar-refractivity contribution in [2.75, 3.05) is 0 Å². The molecule has 0 aliphatic carbocycles. The molecule has 4 aromatic heterocycles. The van der Waals surface area contributed by atoms with E-state index in [9.17, 15) is 5.26 Å². The molecule has 65 heavy (non-hydrogen) atoms.